The van der Waals surface area contributed by atoms with Gasteiger partial charge in [0.1, 0.15) is 0 Å². The highest BCUT2D eigenvalue weighted by Crippen LogP contribution is 2.28. The molecule has 0 aromatic heterocycles. The summed E-state index contributed by atoms with van der Waals surface area (Å²) < 4.78 is 0. The Balaban J connectivity index is 1.59. The van der Waals surface area contributed by atoms with Crippen LogP contribution in [0.15, 0.2) is 0 Å². The van der Waals surface area contributed by atoms with Crippen molar-refractivity contribution < 1.29 is 9.90 Å². The molecule has 4 heteroatoms. The summed E-state index contributed by atoms with van der Waals surface area (Å²) >= 11 is 0. The van der Waals surface area contributed by atoms with Gasteiger partial charge in [0.15, 0.2) is 0 Å². The summed E-state index contributed by atoms with van der Waals surface area (Å²) in [6.45, 7) is 0.724. The van der Waals surface area contributed by atoms with Crippen molar-refractivity contribution in [2.24, 2.45) is 17.6 Å². The Morgan fingerprint density at radius 2 is 2.00 bits per heavy atom. The van der Waals surface area contributed by atoms with Gasteiger partial charge in [0.2, 0.25) is 5.91 Å². The lowest BCUT2D eigenvalue weighted by Gasteiger charge is -2.34. The molecule has 0 bridgehead atoms. The summed E-state index contributed by atoms with van der Waals surface area (Å²) in [4.78, 5) is 11.5. The Morgan fingerprint density at radius 3 is 2.50 bits per heavy atom. The van der Waals surface area contributed by atoms with Crippen LogP contribution in [0.25, 0.3) is 0 Å². The molecule has 0 spiro atoms. The largest absolute Gasteiger partial charge is 0.393 e. The van der Waals surface area contributed by atoms with Crippen molar-refractivity contribution in [2.75, 3.05) is 6.54 Å². The molecule has 4 N–H and O–H groups in total. The number of carbonyl (C=O) groups excluding carboxylic acids is 1. The summed E-state index contributed by atoms with van der Waals surface area (Å²) in [5, 5.41) is 12.0. The average molecular weight is 198 g/mol. The first-order valence-electron chi connectivity index (χ1n) is 5.36. The Hall–Kier alpha value is -0.610. The van der Waals surface area contributed by atoms with Crippen LogP contribution >= 0.6 is 0 Å². The fraction of sp³-hybridized carbons (Fsp3) is 0.900. The predicted octanol–water partition coefficient (Wildman–Crippen LogP) is -0.389. The Morgan fingerprint density at radius 1 is 1.36 bits per heavy atom. The molecule has 0 unspecified atom stereocenters. The van der Waals surface area contributed by atoms with Crippen molar-refractivity contribution in [1.82, 2.24) is 5.32 Å². The molecule has 0 saturated heterocycles. The second kappa shape index (κ2) is 3.87. The summed E-state index contributed by atoms with van der Waals surface area (Å²) in [6.07, 6.45) is 3.21. The Bertz CT molecular complexity index is 220. The predicted molar refractivity (Wildman–Crippen MR) is 52.4 cm³/mol. The van der Waals surface area contributed by atoms with E-state index in [1.807, 2.05) is 0 Å². The van der Waals surface area contributed by atoms with Crippen LogP contribution in [0.4, 0.5) is 0 Å². The third kappa shape index (κ3) is 2.07. The van der Waals surface area contributed by atoms with E-state index < -0.39 is 0 Å². The van der Waals surface area contributed by atoms with E-state index in [4.69, 9.17) is 10.8 Å². The molecule has 2 rings (SSSR count). The lowest BCUT2D eigenvalue weighted by Crippen LogP contribution is -2.47. The zero-order valence-corrected chi connectivity index (χ0v) is 8.28. The molecule has 4 nitrogen and oxygen atoms in total. The fourth-order valence-electron chi connectivity index (χ4n) is 2.13. The zero-order valence-electron chi connectivity index (χ0n) is 8.28. The Kier molecular flexibility index (Phi) is 2.74. The average Bonchev–Trinajstić information content (AvgIpc) is 2.04. The molecule has 0 atom stereocenters. The molecule has 14 heavy (non-hydrogen) atoms. The summed E-state index contributed by atoms with van der Waals surface area (Å²) in [6, 6.07) is 0.233. The van der Waals surface area contributed by atoms with Gasteiger partial charge < -0.3 is 16.2 Å². The van der Waals surface area contributed by atoms with Gasteiger partial charge in [0.05, 0.1) is 6.10 Å². The van der Waals surface area contributed by atoms with E-state index in [0.29, 0.717) is 5.92 Å². The fourth-order valence-corrected chi connectivity index (χ4v) is 2.13. The summed E-state index contributed by atoms with van der Waals surface area (Å²) in [7, 11) is 0. The highest BCUT2D eigenvalue weighted by molar-refractivity contribution is 5.79. The maximum absolute atomic E-state index is 11.5. The van der Waals surface area contributed by atoms with Crippen molar-refractivity contribution in [3.63, 3.8) is 0 Å². The van der Waals surface area contributed by atoms with Crippen LogP contribution < -0.4 is 11.1 Å². The molecule has 2 fully saturated rings. The number of hydrogen-bond donors (Lipinski definition) is 3. The quantitative estimate of drug-likeness (QED) is 0.578. The van der Waals surface area contributed by atoms with E-state index in [2.05, 4.69) is 5.32 Å². The second-order valence-corrected chi connectivity index (χ2v) is 4.66. The lowest BCUT2D eigenvalue weighted by atomic mass is 9.79. The van der Waals surface area contributed by atoms with Crippen LogP contribution in [0.5, 0.6) is 0 Å². The third-order valence-electron chi connectivity index (χ3n) is 3.32. The molecule has 0 heterocycles. The lowest BCUT2D eigenvalue weighted by molar-refractivity contribution is -0.128. The van der Waals surface area contributed by atoms with E-state index in [1.54, 1.807) is 0 Å². The molecule has 0 aromatic carbocycles. The van der Waals surface area contributed by atoms with Gasteiger partial charge in [-0.3, -0.25) is 4.79 Å². The first kappa shape index (κ1) is 9.93. The van der Waals surface area contributed by atoms with Gasteiger partial charge >= 0.3 is 0 Å². The van der Waals surface area contributed by atoms with Crippen molar-refractivity contribution in [2.45, 2.75) is 37.8 Å². The number of amides is 1. The first-order valence-corrected chi connectivity index (χ1v) is 5.36. The van der Waals surface area contributed by atoms with E-state index in [-0.39, 0.29) is 24.0 Å². The molecule has 0 aromatic rings. The molecule has 2 aliphatic rings. The number of hydrogen-bond acceptors (Lipinski definition) is 3. The van der Waals surface area contributed by atoms with Gasteiger partial charge in [-0.05, 0) is 31.6 Å². The van der Waals surface area contributed by atoms with Gasteiger partial charge in [0, 0.05) is 18.5 Å². The monoisotopic (exact) mass is 198 g/mol. The Labute approximate surface area is 83.9 Å². The van der Waals surface area contributed by atoms with Crippen LogP contribution in [-0.4, -0.2) is 29.7 Å². The summed E-state index contributed by atoms with van der Waals surface area (Å²) in [5.74, 6) is 0.783. The van der Waals surface area contributed by atoms with E-state index >= 15 is 0 Å². The van der Waals surface area contributed by atoms with Gasteiger partial charge in [-0.25, -0.2) is 0 Å². The van der Waals surface area contributed by atoms with Crippen molar-refractivity contribution in [3.05, 3.63) is 0 Å². The minimum absolute atomic E-state index is 0.131. The number of rotatable bonds is 3. The van der Waals surface area contributed by atoms with Crippen molar-refractivity contribution >= 4 is 5.91 Å². The SMILES string of the molecule is NC1CC(C(=O)NCC2CC(O)C2)C1. The smallest absolute Gasteiger partial charge is 0.223 e. The third-order valence-corrected chi connectivity index (χ3v) is 3.32. The van der Waals surface area contributed by atoms with Crippen LogP contribution in [0, 0.1) is 11.8 Å². The summed E-state index contributed by atoms with van der Waals surface area (Å²) in [5.41, 5.74) is 5.61. The molecule has 80 valence electrons. The highest BCUT2D eigenvalue weighted by atomic mass is 16.3. The maximum atomic E-state index is 11.5. The first-order chi connectivity index (χ1) is 6.65. The molecular formula is C10H18N2O2. The highest BCUT2D eigenvalue weighted by Gasteiger charge is 2.33. The molecule has 0 aliphatic heterocycles. The number of nitrogens with two attached hydrogens (primary N) is 1. The molecule has 2 saturated carbocycles. The zero-order chi connectivity index (χ0) is 10.1. The van der Waals surface area contributed by atoms with Crippen LogP contribution in [0.3, 0.4) is 0 Å². The minimum Gasteiger partial charge on any atom is -0.393 e. The van der Waals surface area contributed by atoms with E-state index in [0.717, 1.165) is 32.2 Å². The standard InChI is InChI=1S/C10H18N2O2/c11-8-3-7(4-8)10(14)12-5-6-1-9(13)2-6/h6-9,13H,1-5,11H2,(H,12,14). The van der Waals surface area contributed by atoms with Gasteiger partial charge in [-0.2, -0.15) is 0 Å². The number of aliphatic hydroxyl groups excluding tert-OH is 1. The molecular weight excluding hydrogens is 180 g/mol. The number of nitrogens with one attached hydrogen (secondary N) is 1. The normalized spacial score (nSPS) is 41.0. The molecule has 0 radical (unpaired) electrons. The van der Waals surface area contributed by atoms with Gasteiger partial charge in [-0.15, -0.1) is 0 Å². The van der Waals surface area contributed by atoms with Crippen LogP contribution in [0.2, 0.25) is 0 Å². The van der Waals surface area contributed by atoms with Crippen LogP contribution in [-0.2, 0) is 4.79 Å². The van der Waals surface area contributed by atoms with Gasteiger partial charge in [0.25, 0.3) is 0 Å². The van der Waals surface area contributed by atoms with E-state index in [1.165, 1.54) is 0 Å². The minimum atomic E-state index is -0.131. The van der Waals surface area contributed by atoms with E-state index in [9.17, 15) is 4.79 Å². The van der Waals surface area contributed by atoms with Crippen LogP contribution in [0.1, 0.15) is 25.7 Å². The second-order valence-electron chi connectivity index (χ2n) is 4.66. The molecule has 1 amide bonds. The van der Waals surface area contributed by atoms with Crippen molar-refractivity contribution in [1.29, 1.82) is 0 Å². The number of aliphatic hydroxyl groups is 1. The number of carbonyl (C=O) groups is 1. The maximum Gasteiger partial charge on any atom is 0.223 e. The van der Waals surface area contributed by atoms with Crippen molar-refractivity contribution in [3.8, 4) is 0 Å². The molecule has 2 aliphatic carbocycles. The van der Waals surface area contributed by atoms with Gasteiger partial charge in [-0.1, -0.05) is 0 Å². The topological polar surface area (TPSA) is 75.4 Å².